The van der Waals surface area contributed by atoms with Gasteiger partial charge in [0.25, 0.3) is 0 Å². The van der Waals surface area contributed by atoms with Crippen molar-refractivity contribution in [2.45, 2.75) is 39.2 Å². The molecule has 2 rings (SSSR count). The van der Waals surface area contributed by atoms with Crippen molar-refractivity contribution in [3.8, 4) is 0 Å². The molecular weight excluding hydrogens is 282 g/mol. The van der Waals surface area contributed by atoms with Crippen LogP contribution in [-0.2, 0) is 13.5 Å². The lowest BCUT2D eigenvalue weighted by atomic mass is 9.99. The highest BCUT2D eigenvalue weighted by molar-refractivity contribution is 6.30. The molecular formula is C17H24ClN3. The Bertz CT molecular complexity index is 557. The van der Waals surface area contributed by atoms with Crippen LogP contribution in [0.15, 0.2) is 30.6 Å². The zero-order valence-corrected chi connectivity index (χ0v) is 13.8. The van der Waals surface area contributed by atoms with Crippen LogP contribution in [-0.4, -0.2) is 16.1 Å². The number of rotatable bonds is 7. The van der Waals surface area contributed by atoms with Crippen LogP contribution in [0.4, 0.5) is 0 Å². The summed E-state index contributed by atoms with van der Waals surface area (Å²) in [5, 5.41) is 4.44. The number of aryl methyl sites for hydroxylation is 3. The van der Waals surface area contributed by atoms with Gasteiger partial charge in [-0.25, -0.2) is 4.98 Å². The third-order valence-electron chi connectivity index (χ3n) is 3.69. The standard InChI is InChI=1S/C17H24ClN3/c1-4-7-19-16(5-6-17-20-8-9-21(17)3)14-10-13(2)11-15(18)12-14/h8-12,16,19H,4-7H2,1-3H3. The van der Waals surface area contributed by atoms with Gasteiger partial charge in [-0.2, -0.15) is 0 Å². The Kier molecular flexibility index (Phi) is 5.83. The molecule has 3 nitrogen and oxygen atoms in total. The zero-order chi connectivity index (χ0) is 15.2. The molecule has 0 radical (unpaired) electrons. The van der Waals surface area contributed by atoms with Gasteiger partial charge < -0.3 is 9.88 Å². The summed E-state index contributed by atoms with van der Waals surface area (Å²) in [4.78, 5) is 4.41. The van der Waals surface area contributed by atoms with Crippen molar-refractivity contribution >= 4 is 11.6 Å². The predicted molar refractivity (Wildman–Crippen MR) is 88.8 cm³/mol. The summed E-state index contributed by atoms with van der Waals surface area (Å²) in [6.45, 7) is 5.29. The monoisotopic (exact) mass is 305 g/mol. The average Bonchev–Trinajstić information content (AvgIpc) is 2.83. The fourth-order valence-electron chi connectivity index (χ4n) is 2.58. The van der Waals surface area contributed by atoms with E-state index in [9.17, 15) is 0 Å². The molecule has 0 saturated carbocycles. The van der Waals surface area contributed by atoms with Gasteiger partial charge in [0.15, 0.2) is 0 Å². The summed E-state index contributed by atoms with van der Waals surface area (Å²) >= 11 is 6.21. The molecule has 1 atom stereocenters. The average molecular weight is 306 g/mol. The molecule has 4 heteroatoms. The molecule has 1 N–H and O–H groups in total. The second-order valence-corrected chi connectivity index (χ2v) is 6.00. The minimum absolute atomic E-state index is 0.319. The summed E-state index contributed by atoms with van der Waals surface area (Å²) in [6.07, 6.45) is 6.94. The largest absolute Gasteiger partial charge is 0.338 e. The predicted octanol–water partition coefficient (Wildman–Crippen LogP) is 4.06. The van der Waals surface area contributed by atoms with Crippen LogP contribution in [0.1, 0.15) is 42.8 Å². The normalized spacial score (nSPS) is 12.6. The summed E-state index contributed by atoms with van der Waals surface area (Å²) < 4.78 is 2.08. The van der Waals surface area contributed by atoms with Crippen molar-refractivity contribution in [2.24, 2.45) is 7.05 Å². The first-order chi connectivity index (χ1) is 10.1. The van der Waals surface area contributed by atoms with Crippen molar-refractivity contribution < 1.29 is 0 Å². The van der Waals surface area contributed by atoms with Crippen LogP contribution in [0.25, 0.3) is 0 Å². The molecule has 0 aliphatic rings. The number of aromatic nitrogens is 2. The van der Waals surface area contributed by atoms with Gasteiger partial charge in [0.2, 0.25) is 0 Å². The maximum absolute atomic E-state index is 6.21. The van der Waals surface area contributed by atoms with Gasteiger partial charge in [0, 0.05) is 36.9 Å². The highest BCUT2D eigenvalue weighted by Gasteiger charge is 2.13. The molecule has 1 aromatic heterocycles. The van der Waals surface area contributed by atoms with Crippen LogP contribution in [0.3, 0.4) is 0 Å². The molecule has 0 saturated heterocycles. The number of hydrogen-bond donors (Lipinski definition) is 1. The fourth-order valence-corrected chi connectivity index (χ4v) is 2.88. The maximum Gasteiger partial charge on any atom is 0.108 e. The first-order valence-corrected chi connectivity index (χ1v) is 7.94. The van der Waals surface area contributed by atoms with E-state index in [-0.39, 0.29) is 0 Å². The first kappa shape index (κ1) is 16.1. The molecule has 0 bridgehead atoms. The Morgan fingerprint density at radius 2 is 2.14 bits per heavy atom. The van der Waals surface area contributed by atoms with Crippen LogP contribution < -0.4 is 5.32 Å². The van der Waals surface area contributed by atoms with E-state index in [1.807, 2.05) is 25.5 Å². The number of hydrogen-bond acceptors (Lipinski definition) is 2. The Labute approximate surface area is 132 Å². The van der Waals surface area contributed by atoms with Crippen LogP contribution >= 0.6 is 11.6 Å². The molecule has 114 valence electrons. The van der Waals surface area contributed by atoms with E-state index in [0.717, 1.165) is 36.7 Å². The summed E-state index contributed by atoms with van der Waals surface area (Å²) in [7, 11) is 2.04. The second kappa shape index (κ2) is 7.62. The third-order valence-corrected chi connectivity index (χ3v) is 3.90. The number of nitrogens with one attached hydrogen (secondary N) is 1. The van der Waals surface area contributed by atoms with Crippen molar-refractivity contribution in [3.05, 3.63) is 52.6 Å². The number of imidazole rings is 1. The van der Waals surface area contributed by atoms with E-state index in [0.29, 0.717) is 6.04 Å². The van der Waals surface area contributed by atoms with Crippen molar-refractivity contribution in [1.29, 1.82) is 0 Å². The molecule has 2 aromatic rings. The Morgan fingerprint density at radius 1 is 1.33 bits per heavy atom. The molecule has 0 amide bonds. The van der Waals surface area contributed by atoms with E-state index >= 15 is 0 Å². The number of benzene rings is 1. The highest BCUT2D eigenvalue weighted by Crippen LogP contribution is 2.24. The van der Waals surface area contributed by atoms with Gasteiger partial charge in [-0.15, -0.1) is 0 Å². The lowest BCUT2D eigenvalue weighted by molar-refractivity contribution is 0.491. The van der Waals surface area contributed by atoms with Gasteiger partial charge in [-0.3, -0.25) is 0 Å². The minimum Gasteiger partial charge on any atom is -0.338 e. The van der Waals surface area contributed by atoms with Crippen molar-refractivity contribution in [1.82, 2.24) is 14.9 Å². The van der Waals surface area contributed by atoms with Gasteiger partial charge >= 0.3 is 0 Å². The molecule has 0 aliphatic heterocycles. The Balaban J connectivity index is 2.11. The number of halogens is 1. The molecule has 0 fully saturated rings. The molecule has 1 unspecified atom stereocenters. The van der Waals surface area contributed by atoms with Gasteiger partial charge in [0.1, 0.15) is 5.82 Å². The fraction of sp³-hybridized carbons (Fsp3) is 0.471. The Morgan fingerprint density at radius 3 is 2.76 bits per heavy atom. The first-order valence-electron chi connectivity index (χ1n) is 7.57. The molecule has 1 aromatic carbocycles. The van der Waals surface area contributed by atoms with Crippen LogP contribution in [0, 0.1) is 6.92 Å². The van der Waals surface area contributed by atoms with E-state index in [2.05, 4.69) is 40.8 Å². The quantitative estimate of drug-likeness (QED) is 0.836. The summed E-state index contributed by atoms with van der Waals surface area (Å²) in [6, 6.07) is 6.61. The summed E-state index contributed by atoms with van der Waals surface area (Å²) in [5.41, 5.74) is 2.47. The molecule has 0 spiro atoms. The highest BCUT2D eigenvalue weighted by atomic mass is 35.5. The van der Waals surface area contributed by atoms with Crippen LogP contribution in [0.5, 0.6) is 0 Å². The SMILES string of the molecule is CCCNC(CCc1nccn1C)c1cc(C)cc(Cl)c1. The lowest BCUT2D eigenvalue weighted by Gasteiger charge is -2.20. The lowest BCUT2D eigenvalue weighted by Crippen LogP contribution is -2.23. The zero-order valence-electron chi connectivity index (χ0n) is 13.1. The van der Waals surface area contributed by atoms with Crippen molar-refractivity contribution in [2.75, 3.05) is 6.54 Å². The molecule has 21 heavy (non-hydrogen) atoms. The van der Waals surface area contributed by atoms with E-state index in [1.165, 1.54) is 11.1 Å². The van der Waals surface area contributed by atoms with Gasteiger partial charge in [-0.1, -0.05) is 24.6 Å². The maximum atomic E-state index is 6.21. The molecule has 1 heterocycles. The van der Waals surface area contributed by atoms with E-state index < -0.39 is 0 Å². The smallest absolute Gasteiger partial charge is 0.108 e. The van der Waals surface area contributed by atoms with Crippen LogP contribution in [0.2, 0.25) is 5.02 Å². The van der Waals surface area contributed by atoms with E-state index in [4.69, 9.17) is 11.6 Å². The van der Waals surface area contributed by atoms with Crippen molar-refractivity contribution in [3.63, 3.8) is 0 Å². The van der Waals surface area contributed by atoms with Gasteiger partial charge in [-0.05, 0) is 49.6 Å². The Hall–Kier alpha value is -1.32. The minimum atomic E-state index is 0.319. The van der Waals surface area contributed by atoms with E-state index in [1.54, 1.807) is 0 Å². The topological polar surface area (TPSA) is 29.9 Å². The molecule has 0 aliphatic carbocycles. The summed E-state index contributed by atoms with van der Waals surface area (Å²) in [5.74, 6) is 1.12. The number of nitrogens with zero attached hydrogens (tertiary/aromatic N) is 2. The third kappa shape index (κ3) is 4.58. The second-order valence-electron chi connectivity index (χ2n) is 5.56. The van der Waals surface area contributed by atoms with Gasteiger partial charge in [0.05, 0.1) is 0 Å².